The zero-order valence-corrected chi connectivity index (χ0v) is 20.5. The predicted molar refractivity (Wildman–Crippen MR) is 131 cm³/mol. The number of likely N-dealkylation sites (N-methyl/N-ethyl adjacent to an activating group) is 1. The van der Waals surface area contributed by atoms with Gasteiger partial charge >= 0.3 is 0 Å². The second-order valence-corrected chi connectivity index (χ2v) is 10.5. The van der Waals surface area contributed by atoms with Crippen LogP contribution in [0.5, 0.6) is 0 Å². The SMILES string of the molecule is CCN1CCN(C2=C(c3cccs3)C(=O)N(C3CCCCCCCCCCC3)C2=O)CC1. The predicted octanol–water partition coefficient (Wildman–Crippen LogP) is 5.14. The summed E-state index contributed by atoms with van der Waals surface area (Å²) in [6, 6.07) is 4.02. The molecule has 4 rings (SSSR count). The lowest BCUT2D eigenvalue weighted by Gasteiger charge is -2.36. The van der Waals surface area contributed by atoms with Crippen molar-refractivity contribution in [1.29, 1.82) is 0 Å². The number of nitrogens with zero attached hydrogens (tertiary/aromatic N) is 3. The second-order valence-electron chi connectivity index (χ2n) is 9.52. The van der Waals surface area contributed by atoms with Crippen molar-refractivity contribution in [2.45, 2.75) is 83.6 Å². The summed E-state index contributed by atoms with van der Waals surface area (Å²) in [5, 5.41) is 2.01. The lowest BCUT2D eigenvalue weighted by Crippen LogP contribution is -2.48. The highest BCUT2D eigenvalue weighted by molar-refractivity contribution is 7.11. The van der Waals surface area contributed by atoms with Crippen molar-refractivity contribution in [3.63, 3.8) is 0 Å². The third kappa shape index (κ3) is 5.28. The molecule has 1 saturated heterocycles. The van der Waals surface area contributed by atoms with Crippen LogP contribution in [0.1, 0.15) is 82.4 Å². The van der Waals surface area contributed by atoms with Crippen LogP contribution in [0.25, 0.3) is 5.57 Å². The molecular formula is C26H39N3O2S. The lowest BCUT2D eigenvalue weighted by atomic mass is 9.97. The number of hydrogen-bond acceptors (Lipinski definition) is 5. The Hall–Kier alpha value is -1.66. The van der Waals surface area contributed by atoms with Gasteiger partial charge in [-0.3, -0.25) is 14.5 Å². The van der Waals surface area contributed by atoms with Crippen molar-refractivity contribution in [2.75, 3.05) is 32.7 Å². The van der Waals surface area contributed by atoms with E-state index in [0.29, 0.717) is 11.3 Å². The molecule has 6 heteroatoms. The fourth-order valence-electron chi connectivity index (χ4n) is 5.49. The van der Waals surface area contributed by atoms with Crippen LogP contribution in [0.2, 0.25) is 0 Å². The van der Waals surface area contributed by atoms with Gasteiger partial charge < -0.3 is 9.80 Å². The Morgan fingerprint density at radius 3 is 1.97 bits per heavy atom. The first-order valence-corrected chi connectivity index (χ1v) is 13.7. The minimum Gasteiger partial charge on any atom is -0.364 e. The van der Waals surface area contributed by atoms with Crippen LogP contribution in [0.4, 0.5) is 0 Å². The Morgan fingerprint density at radius 2 is 1.44 bits per heavy atom. The van der Waals surface area contributed by atoms with E-state index in [1.807, 2.05) is 17.5 Å². The standard InChI is InChI=1S/C26H39N3O2S/c1-2-27-16-18-28(19-17-27)24-23(22-15-12-20-32-22)25(30)29(26(24)31)21-13-10-8-6-4-3-5-7-9-11-14-21/h12,15,20-21H,2-11,13-14,16-19H2,1H3. The quantitative estimate of drug-likeness (QED) is 0.587. The molecule has 0 aromatic carbocycles. The normalized spacial score (nSPS) is 23.5. The van der Waals surface area contributed by atoms with Gasteiger partial charge in [0, 0.05) is 37.1 Å². The minimum atomic E-state index is -0.0533. The van der Waals surface area contributed by atoms with Gasteiger partial charge in [-0.2, -0.15) is 0 Å². The third-order valence-electron chi connectivity index (χ3n) is 7.43. The van der Waals surface area contributed by atoms with E-state index in [2.05, 4.69) is 16.7 Å². The zero-order chi connectivity index (χ0) is 22.3. The molecule has 1 aromatic rings. The third-order valence-corrected chi connectivity index (χ3v) is 8.32. The van der Waals surface area contributed by atoms with E-state index >= 15 is 0 Å². The van der Waals surface area contributed by atoms with Gasteiger partial charge in [0.05, 0.1) is 5.57 Å². The largest absolute Gasteiger partial charge is 0.364 e. The molecule has 1 aliphatic carbocycles. The smallest absolute Gasteiger partial charge is 0.278 e. The molecule has 3 aliphatic rings. The van der Waals surface area contributed by atoms with Gasteiger partial charge in [0.25, 0.3) is 11.8 Å². The molecule has 0 N–H and O–H groups in total. The van der Waals surface area contributed by atoms with Crippen LogP contribution in [-0.4, -0.2) is 65.3 Å². The summed E-state index contributed by atoms with van der Waals surface area (Å²) in [6.07, 6.45) is 13.1. The van der Waals surface area contributed by atoms with Crippen molar-refractivity contribution in [3.05, 3.63) is 28.1 Å². The maximum Gasteiger partial charge on any atom is 0.278 e. The molecule has 2 aliphatic heterocycles. The molecule has 2 fully saturated rings. The molecule has 0 atom stereocenters. The molecule has 0 spiro atoms. The van der Waals surface area contributed by atoms with Crippen LogP contribution < -0.4 is 0 Å². The first-order valence-electron chi connectivity index (χ1n) is 12.8. The number of imide groups is 1. The van der Waals surface area contributed by atoms with E-state index in [1.165, 1.54) is 44.9 Å². The molecule has 176 valence electrons. The average Bonchev–Trinajstić information content (AvgIpc) is 3.41. The molecular weight excluding hydrogens is 418 g/mol. The van der Waals surface area contributed by atoms with E-state index in [4.69, 9.17) is 0 Å². The zero-order valence-electron chi connectivity index (χ0n) is 19.7. The highest BCUT2D eigenvalue weighted by atomic mass is 32.1. The molecule has 5 nitrogen and oxygen atoms in total. The summed E-state index contributed by atoms with van der Waals surface area (Å²) in [7, 11) is 0. The molecule has 0 bridgehead atoms. The summed E-state index contributed by atoms with van der Waals surface area (Å²) in [4.78, 5) is 34.8. The highest BCUT2D eigenvalue weighted by Crippen LogP contribution is 2.37. The number of amides is 2. The van der Waals surface area contributed by atoms with Crippen molar-refractivity contribution in [1.82, 2.24) is 14.7 Å². The van der Waals surface area contributed by atoms with Crippen LogP contribution >= 0.6 is 11.3 Å². The number of piperazine rings is 1. The highest BCUT2D eigenvalue weighted by Gasteiger charge is 2.45. The topological polar surface area (TPSA) is 43.9 Å². The number of thiophene rings is 1. The fourth-order valence-corrected chi connectivity index (χ4v) is 6.25. The Morgan fingerprint density at radius 1 is 0.844 bits per heavy atom. The molecule has 0 unspecified atom stereocenters. The summed E-state index contributed by atoms with van der Waals surface area (Å²) >= 11 is 1.57. The van der Waals surface area contributed by atoms with E-state index in [0.717, 1.165) is 63.3 Å². The molecule has 1 saturated carbocycles. The van der Waals surface area contributed by atoms with Gasteiger partial charge in [-0.25, -0.2) is 0 Å². The number of rotatable bonds is 4. The van der Waals surface area contributed by atoms with Crippen molar-refractivity contribution in [3.8, 4) is 0 Å². The molecule has 2 amide bonds. The maximum atomic E-state index is 13.8. The van der Waals surface area contributed by atoms with Crippen LogP contribution in [0, 0.1) is 0 Å². The summed E-state index contributed by atoms with van der Waals surface area (Å²) < 4.78 is 0. The first-order chi connectivity index (χ1) is 15.7. The Kier molecular flexibility index (Phi) is 8.42. The molecule has 32 heavy (non-hydrogen) atoms. The van der Waals surface area contributed by atoms with Crippen LogP contribution in [0.15, 0.2) is 23.2 Å². The monoisotopic (exact) mass is 457 g/mol. The van der Waals surface area contributed by atoms with Crippen LogP contribution in [-0.2, 0) is 9.59 Å². The fraction of sp³-hybridized carbons (Fsp3) is 0.692. The van der Waals surface area contributed by atoms with Crippen LogP contribution in [0.3, 0.4) is 0 Å². The van der Waals surface area contributed by atoms with E-state index in [9.17, 15) is 9.59 Å². The average molecular weight is 458 g/mol. The summed E-state index contributed by atoms with van der Waals surface area (Å²) in [6.45, 7) is 6.74. The van der Waals surface area contributed by atoms with E-state index in [-0.39, 0.29) is 17.9 Å². The number of carbonyl (C=O) groups is 2. The van der Waals surface area contributed by atoms with Crippen molar-refractivity contribution in [2.24, 2.45) is 0 Å². The van der Waals surface area contributed by atoms with Gasteiger partial charge in [-0.15, -0.1) is 11.3 Å². The van der Waals surface area contributed by atoms with Gasteiger partial charge in [0.15, 0.2) is 0 Å². The van der Waals surface area contributed by atoms with E-state index in [1.54, 1.807) is 16.2 Å². The minimum absolute atomic E-state index is 0.0406. The Bertz CT molecular complexity index is 784. The van der Waals surface area contributed by atoms with Crippen molar-refractivity contribution >= 4 is 28.7 Å². The van der Waals surface area contributed by atoms with Gasteiger partial charge in [-0.1, -0.05) is 70.8 Å². The van der Waals surface area contributed by atoms with Gasteiger partial charge in [0.2, 0.25) is 0 Å². The lowest BCUT2D eigenvalue weighted by molar-refractivity contribution is -0.140. The van der Waals surface area contributed by atoms with E-state index < -0.39 is 0 Å². The molecule has 3 heterocycles. The number of hydrogen-bond donors (Lipinski definition) is 0. The second kappa shape index (κ2) is 11.5. The van der Waals surface area contributed by atoms with Crippen molar-refractivity contribution < 1.29 is 9.59 Å². The summed E-state index contributed by atoms with van der Waals surface area (Å²) in [5.41, 5.74) is 1.32. The Balaban J connectivity index is 1.57. The Labute approximate surface area is 197 Å². The van der Waals surface area contributed by atoms with Gasteiger partial charge in [0.1, 0.15) is 5.70 Å². The molecule has 1 aromatic heterocycles. The maximum absolute atomic E-state index is 13.8. The summed E-state index contributed by atoms with van der Waals surface area (Å²) in [5.74, 6) is -0.0945. The molecule has 0 radical (unpaired) electrons. The first kappa shape index (κ1) is 23.5. The number of carbonyl (C=O) groups excluding carboxylic acids is 2. The van der Waals surface area contributed by atoms with Gasteiger partial charge in [-0.05, 0) is 30.8 Å².